The smallest absolute Gasteiger partial charge is 0.0625 e. The van der Waals surface area contributed by atoms with Crippen LogP contribution in [-0.2, 0) is 11.3 Å². The molecular formula is C10H15N2O2-. The maximum Gasteiger partial charge on any atom is 0.0625 e. The Hall–Kier alpha value is -1.32. The molecule has 14 heavy (non-hydrogen) atoms. The van der Waals surface area contributed by atoms with Crippen LogP contribution in [0.2, 0.25) is 0 Å². The average molecular weight is 195 g/mol. The highest BCUT2D eigenvalue weighted by Crippen LogP contribution is 2.12. The Kier molecular flexibility index (Phi) is 2.93. The van der Waals surface area contributed by atoms with Gasteiger partial charge in [-0.1, -0.05) is 6.92 Å². The van der Waals surface area contributed by atoms with E-state index in [1.165, 1.54) is 0 Å². The molecule has 0 amide bonds. The Labute approximate surface area is 83.5 Å². The van der Waals surface area contributed by atoms with E-state index >= 15 is 0 Å². The molecule has 0 radical (unpaired) electrons. The molecule has 0 aliphatic rings. The van der Waals surface area contributed by atoms with Gasteiger partial charge in [0.15, 0.2) is 0 Å². The third kappa shape index (κ3) is 1.95. The Morgan fingerprint density at radius 2 is 2.07 bits per heavy atom. The van der Waals surface area contributed by atoms with Crippen molar-refractivity contribution >= 4 is 5.97 Å². The molecule has 4 heteroatoms. The van der Waals surface area contributed by atoms with Crippen LogP contribution in [0.4, 0.5) is 0 Å². The topological polar surface area (TPSA) is 58.0 Å². The summed E-state index contributed by atoms with van der Waals surface area (Å²) < 4.78 is 1.73. The lowest BCUT2D eigenvalue weighted by Gasteiger charge is -2.13. The summed E-state index contributed by atoms with van der Waals surface area (Å²) in [6.45, 7) is 7.85. The van der Waals surface area contributed by atoms with Crippen molar-refractivity contribution in [2.75, 3.05) is 0 Å². The Balaban J connectivity index is 2.87. The van der Waals surface area contributed by atoms with Gasteiger partial charge in [-0.25, -0.2) is 0 Å². The molecule has 1 atom stereocenters. The third-order valence-electron chi connectivity index (χ3n) is 2.59. The molecule has 0 fully saturated rings. The molecule has 0 saturated carbocycles. The van der Waals surface area contributed by atoms with E-state index in [9.17, 15) is 9.90 Å². The van der Waals surface area contributed by atoms with Gasteiger partial charge in [0, 0.05) is 24.1 Å². The first-order valence-corrected chi connectivity index (χ1v) is 4.65. The first kappa shape index (κ1) is 10.8. The minimum atomic E-state index is -1.03. The molecule has 1 heterocycles. The van der Waals surface area contributed by atoms with Crippen molar-refractivity contribution in [2.24, 2.45) is 5.92 Å². The van der Waals surface area contributed by atoms with Gasteiger partial charge in [-0.05, 0) is 26.3 Å². The van der Waals surface area contributed by atoms with Crippen molar-refractivity contribution in [3.63, 3.8) is 0 Å². The molecule has 4 nitrogen and oxygen atoms in total. The lowest BCUT2D eigenvalue weighted by molar-refractivity contribution is -0.311. The molecule has 0 saturated heterocycles. The molecule has 78 valence electrons. The highest BCUT2D eigenvalue weighted by Gasteiger charge is 2.10. The van der Waals surface area contributed by atoms with Gasteiger partial charge < -0.3 is 9.90 Å². The zero-order valence-corrected chi connectivity index (χ0v) is 9.00. The van der Waals surface area contributed by atoms with Gasteiger partial charge in [0.2, 0.25) is 0 Å². The second-order valence-electron chi connectivity index (χ2n) is 3.70. The van der Waals surface area contributed by atoms with E-state index in [0.29, 0.717) is 6.54 Å². The number of aliphatic carboxylic acids is 1. The summed E-state index contributed by atoms with van der Waals surface area (Å²) in [7, 11) is 0. The van der Waals surface area contributed by atoms with Gasteiger partial charge in [-0.3, -0.25) is 4.68 Å². The molecule has 1 aromatic heterocycles. The quantitative estimate of drug-likeness (QED) is 0.692. The van der Waals surface area contributed by atoms with E-state index in [1.54, 1.807) is 11.6 Å². The number of rotatable bonds is 3. The molecule has 1 aromatic rings. The normalized spacial score (nSPS) is 12.9. The molecule has 0 aliphatic heterocycles. The zero-order chi connectivity index (χ0) is 10.9. The van der Waals surface area contributed by atoms with Gasteiger partial charge in [-0.15, -0.1) is 0 Å². The van der Waals surface area contributed by atoms with Crippen molar-refractivity contribution in [2.45, 2.75) is 34.2 Å². The van der Waals surface area contributed by atoms with E-state index in [4.69, 9.17) is 0 Å². The first-order chi connectivity index (χ1) is 6.43. The maximum absolute atomic E-state index is 10.6. The number of hydrogen-bond acceptors (Lipinski definition) is 3. The van der Waals surface area contributed by atoms with Gasteiger partial charge in [0.25, 0.3) is 0 Å². The number of carbonyl (C=O) groups is 1. The van der Waals surface area contributed by atoms with Crippen LogP contribution in [0.5, 0.6) is 0 Å². The van der Waals surface area contributed by atoms with E-state index < -0.39 is 11.9 Å². The summed E-state index contributed by atoms with van der Waals surface area (Å²) in [5.41, 5.74) is 3.10. The van der Waals surface area contributed by atoms with E-state index in [2.05, 4.69) is 5.10 Å². The van der Waals surface area contributed by atoms with Gasteiger partial charge in [0.05, 0.1) is 5.69 Å². The van der Waals surface area contributed by atoms with Crippen molar-refractivity contribution in [3.8, 4) is 0 Å². The molecule has 0 unspecified atom stereocenters. The molecule has 0 aliphatic carbocycles. The monoisotopic (exact) mass is 195 g/mol. The van der Waals surface area contributed by atoms with E-state index in [1.807, 2.05) is 20.8 Å². The fraction of sp³-hybridized carbons (Fsp3) is 0.600. The van der Waals surface area contributed by atoms with Crippen LogP contribution in [0.1, 0.15) is 23.9 Å². The van der Waals surface area contributed by atoms with Crippen molar-refractivity contribution in [1.82, 2.24) is 9.78 Å². The first-order valence-electron chi connectivity index (χ1n) is 4.65. The van der Waals surface area contributed by atoms with Crippen LogP contribution in [0.3, 0.4) is 0 Å². The third-order valence-corrected chi connectivity index (χ3v) is 2.59. The summed E-state index contributed by atoms with van der Waals surface area (Å²) >= 11 is 0. The van der Waals surface area contributed by atoms with E-state index in [0.717, 1.165) is 17.0 Å². The summed E-state index contributed by atoms with van der Waals surface area (Å²) in [6, 6.07) is 0. The number of aromatic nitrogens is 2. The molecule has 0 spiro atoms. The van der Waals surface area contributed by atoms with E-state index in [-0.39, 0.29) is 0 Å². The van der Waals surface area contributed by atoms with Crippen LogP contribution < -0.4 is 5.11 Å². The van der Waals surface area contributed by atoms with Crippen LogP contribution in [0.25, 0.3) is 0 Å². The minimum absolute atomic E-state index is 0.378. The molecule has 0 bridgehead atoms. The van der Waals surface area contributed by atoms with Crippen LogP contribution >= 0.6 is 0 Å². The second-order valence-corrected chi connectivity index (χ2v) is 3.70. The number of carboxylic acid groups (broad SMARTS) is 1. The van der Waals surface area contributed by atoms with Crippen LogP contribution in [0, 0.1) is 26.7 Å². The highest BCUT2D eigenvalue weighted by atomic mass is 16.4. The maximum atomic E-state index is 10.6. The Bertz CT molecular complexity index is 355. The van der Waals surface area contributed by atoms with Crippen LogP contribution in [0.15, 0.2) is 0 Å². The van der Waals surface area contributed by atoms with Crippen molar-refractivity contribution in [3.05, 3.63) is 17.0 Å². The van der Waals surface area contributed by atoms with Crippen molar-refractivity contribution in [1.29, 1.82) is 0 Å². The summed E-state index contributed by atoms with van der Waals surface area (Å²) in [5.74, 6) is -1.54. The number of nitrogens with zero attached hydrogens (tertiary/aromatic N) is 2. The van der Waals surface area contributed by atoms with Gasteiger partial charge >= 0.3 is 0 Å². The van der Waals surface area contributed by atoms with Crippen LogP contribution in [-0.4, -0.2) is 15.7 Å². The standard InChI is InChI=1S/C10H16N2O2/c1-6(10(13)14)5-12-9(4)7(2)8(3)11-12/h6H,5H2,1-4H3,(H,13,14)/p-1/t6-/m0/s1. The number of carboxylic acids is 1. The summed E-state index contributed by atoms with van der Waals surface area (Å²) in [6.07, 6.45) is 0. The lowest BCUT2D eigenvalue weighted by Crippen LogP contribution is -2.32. The molecule has 0 N–H and O–H groups in total. The summed E-state index contributed by atoms with van der Waals surface area (Å²) in [5, 5.41) is 14.8. The largest absolute Gasteiger partial charge is 0.550 e. The minimum Gasteiger partial charge on any atom is -0.550 e. The molecule has 1 rings (SSSR count). The molecular weight excluding hydrogens is 180 g/mol. The predicted molar refractivity (Wildman–Crippen MR) is 50.6 cm³/mol. The number of hydrogen-bond donors (Lipinski definition) is 0. The Morgan fingerprint density at radius 3 is 2.43 bits per heavy atom. The van der Waals surface area contributed by atoms with Gasteiger partial charge in [0.1, 0.15) is 0 Å². The fourth-order valence-corrected chi connectivity index (χ4v) is 1.30. The number of aryl methyl sites for hydroxylation is 1. The van der Waals surface area contributed by atoms with Crippen molar-refractivity contribution < 1.29 is 9.90 Å². The highest BCUT2D eigenvalue weighted by molar-refractivity contribution is 5.66. The second kappa shape index (κ2) is 3.82. The number of carbonyl (C=O) groups excluding carboxylic acids is 1. The Morgan fingerprint density at radius 1 is 1.50 bits per heavy atom. The average Bonchev–Trinajstić information content (AvgIpc) is 2.33. The zero-order valence-electron chi connectivity index (χ0n) is 9.00. The lowest BCUT2D eigenvalue weighted by atomic mass is 10.2. The fourth-order valence-electron chi connectivity index (χ4n) is 1.30. The SMILES string of the molecule is Cc1nn(C[C@H](C)C(=O)[O-])c(C)c1C. The molecule has 0 aromatic carbocycles. The van der Waals surface area contributed by atoms with Gasteiger partial charge in [-0.2, -0.15) is 5.10 Å². The summed E-state index contributed by atoms with van der Waals surface area (Å²) in [4.78, 5) is 10.6. The predicted octanol–water partition coefficient (Wildman–Crippen LogP) is 0.194.